The van der Waals surface area contributed by atoms with Gasteiger partial charge in [-0.2, -0.15) is 0 Å². The molecule has 3 N–H and O–H groups in total. The number of carbonyl (C=O) groups excluding carboxylic acids is 2. The van der Waals surface area contributed by atoms with Gasteiger partial charge in [-0.05, 0) is 45.0 Å². The summed E-state index contributed by atoms with van der Waals surface area (Å²) in [7, 11) is 0. The second-order valence-electron chi connectivity index (χ2n) is 4.59. The van der Waals surface area contributed by atoms with Gasteiger partial charge in [0, 0.05) is 11.1 Å². The summed E-state index contributed by atoms with van der Waals surface area (Å²) >= 11 is 0. The fourth-order valence-electron chi connectivity index (χ4n) is 1.04. The highest BCUT2D eigenvalue weighted by molar-refractivity contribution is 5.96. The lowest BCUT2D eigenvalue weighted by molar-refractivity contribution is -0.0589. The first-order valence-corrected chi connectivity index (χ1v) is 5.18. The molecule has 2 amide bonds. The van der Waals surface area contributed by atoms with Gasteiger partial charge >= 0.3 is 0 Å². The van der Waals surface area contributed by atoms with E-state index < -0.39 is 11.5 Å². The molecule has 0 saturated carbocycles. The molecule has 0 heterocycles. The summed E-state index contributed by atoms with van der Waals surface area (Å²) in [5, 5.41) is 0. The van der Waals surface area contributed by atoms with Gasteiger partial charge in [-0.3, -0.25) is 14.4 Å². The molecule has 0 fully saturated rings. The van der Waals surface area contributed by atoms with Gasteiger partial charge in [-0.25, -0.2) is 5.48 Å². The minimum atomic E-state index is -0.525. The van der Waals surface area contributed by atoms with Crippen LogP contribution < -0.4 is 11.2 Å². The second-order valence-corrected chi connectivity index (χ2v) is 4.59. The molecule has 0 aliphatic heterocycles. The smallest absolute Gasteiger partial charge is 0.274 e. The molecule has 1 aromatic carbocycles. The maximum atomic E-state index is 11.6. The zero-order valence-electron chi connectivity index (χ0n) is 10.1. The van der Waals surface area contributed by atoms with E-state index in [2.05, 4.69) is 5.48 Å². The SMILES string of the molecule is CC(C)(C)ONC(=O)c1ccc(C(N)=O)cc1. The van der Waals surface area contributed by atoms with E-state index in [4.69, 9.17) is 10.6 Å². The standard InChI is InChI=1S/C12H16N2O3/c1-12(2,3)17-14-11(16)9-6-4-8(5-7-9)10(13)15/h4-7H,1-3H3,(H2,13,15)(H,14,16). The molecule has 0 atom stereocenters. The first-order chi connectivity index (χ1) is 7.79. The van der Waals surface area contributed by atoms with Crippen molar-refractivity contribution in [1.29, 1.82) is 0 Å². The molecular weight excluding hydrogens is 220 g/mol. The van der Waals surface area contributed by atoms with Gasteiger partial charge < -0.3 is 5.73 Å². The molecule has 1 rings (SSSR count). The molecule has 17 heavy (non-hydrogen) atoms. The largest absolute Gasteiger partial charge is 0.366 e. The summed E-state index contributed by atoms with van der Waals surface area (Å²) in [5.74, 6) is -0.890. The maximum Gasteiger partial charge on any atom is 0.274 e. The zero-order chi connectivity index (χ0) is 13.1. The number of nitrogens with one attached hydrogen (secondary N) is 1. The van der Waals surface area contributed by atoms with Crippen molar-refractivity contribution in [2.75, 3.05) is 0 Å². The Kier molecular flexibility index (Phi) is 3.85. The Labute approximate surface area is 99.9 Å². The summed E-state index contributed by atoms with van der Waals surface area (Å²) in [4.78, 5) is 27.6. The van der Waals surface area contributed by atoms with E-state index in [1.807, 2.05) is 20.8 Å². The van der Waals surface area contributed by atoms with Crippen molar-refractivity contribution in [2.24, 2.45) is 5.73 Å². The van der Waals surface area contributed by atoms with Gasteiger partial charge in [0.2, 0.25) is 5.91 Å². The molecule has 5 heteroatoms. The summed E-state index contributed by atoms with van der Waals surface area (Å²) in [6.07, 6.45) is 0. The molecule has 0 bridgehead atoms. The van der Waals surface area contributed by atoms with Crippen molar-refractivity contribution >= 4 is 11.8 Å². The topological polar surface area (TPSA) is 81.4 Å². The molecule has 0 aromatic heterocycles. The van der Waals surface area contributed by atoms with Crippen molar-refractivity contribution in [3.8, 4) is 0 Å². The molecule has 92 valence electrons. The van der Waals surface area contributed by atoms with Crippen LogP contribution in [0.5, 0.6) is 0 Å². The molecule has 1 aromatic rings. The highest BCUT2D eigenvalue weighted by Crippen LogP contribution is 2.07. The van der Waals surface area contributed by atoms with E-state index in [0.29, 0.717) is 11.1 Å². The van der Waals surface area contributed by atoms with Crippen molar-refractivity contribution < 1.29 is 14.4 Å². The zero-order valence-corrected chi connectivity index (χ0v) is 10.1. The van der Waals surface area contributed by atoms with E-state index in [1.165, 1.54) is 24.3 Å². The number of amides is 2. The van der Waals surface area contributed by atoms with E-state index in [1.54, 1.807) is 0 Å². The molecular formula is C12H16N2O3. The van der Waals surface area contributed by atoms with Crippen LogP contribution in [0.3, 0.4) is 0 Å². The minimum Gasteiger partial charge on any atom is -0.366 e. The van der Waals surface area contributed by atoms with Crippen LogP contribution in [0, 0.1) is 0 Å². The minimum absolute atomic E-state index is 0.360. The first-order valence-electron chi connectivity index (χ1n) is 5.18. The number of hydrogen-bond acceptors (Lipinski definition) is 3. The van der Waals surface area contributed by atoms with Crippen LogP contribution in [0.2, 0.25) is 0 Å². The van der Waals surface area contributed by atoms with Gasteiger partial charge in [0.1, 0.15) is 0 Å². The maximum absolute atomic E-state index is 11.6. The predicted molar refractivity (Wildman–Crippen MR) is 63.3 cm³/mol. The quantitative estimate of drug-likeness (QED) is 0.775. The number of hydrogen-bond donors (Lipinski definition) is 2. The molecule has 0 aliphatic rings. The number of carbonyl (C=O) groups is 2. The summed E-state index contributed by atoms with van der Waals surface area (Å²) in [6.45, 7) is 5.47. The van der Waals surface area contributed by atoms with Crippen LogP contribution in [-0.2, 0) is 4.84 Å². The number of nitrogens with two attached hydrogens (primary N) is 1. The molecule has 0 spiro atoms. The number of rotatable bonds is 3. The third-order valence-electron chi connectivity index (χ3n) is 1.88. The van der Waals surface area contributed by atoms with Gasteiger partial charge in [0.25, 0.3) is 5.91 Å². The lowest BCUT2D eigenvalue weighted by atomic mass is 10.1. The molecule has 0 aliphatic carbocycles. The lowest BCUT2D eigenvalue weighted by Crippen LogP contribution is -2.33. The Morgan fingerprint density at radius 1 is 1.12 bits per heavy atom. The third-order valence-corrected chi connectivity index (χ3v) is 1.88. The van der Waals surface area contributed by atoms with Gasteiger partial charge in [0.05, 0.1) is 5.60 Å². The monoisotopic (exact) mass is 236 g/mol. The fourth-order valence-corrected chi connectivity index (χ4v) is 1.04. The van der Waals surface area contributed by atoms with E-state index >= 15 is 0 Å². The Morgan fingerprint density at radius 3 is 2.00 bits per heavy atom. The molecule has 0 radical (unpaired) electrons. The Morgan fingerprint density at radius 2 is 1.59 bits per heavy atom. The van der Waals surface area contributed by atoms with Crippen LogP contribution in [-0.4, -0.2) is 17.4 Å². The van der Waals surface area contributed by atoms with E-state index in [0.717, 1.165) is 0 Å². The van der Waals surface area contributed by atoms with Crippen molar-refractivity contribution in [1.82, 2.24) is 5.48 Å². The normalized spacial score (nSPS) is 11.0. The van der Waals surface area contributed by atoms with Gasteiger partial charge in [-0.1, -0.05) is 0 Å². The Hall–Kier alpha value is -1.88. The van der Waals surface area contributed by atoms with Crippen LogP contribution >= 0.6 is 0 Å². The average Bonchev–Trinajstić information content (AvgIpc) is 2.25. The molecule has 0 saturated heterocycles. The fraction of sp³-hybridized carbons (Fsp3) is 0.333. The van der Waals surface area contributed by atoms with Gasteiger partial charge in [0.15, 0.2) is 0 Å². The van der Waals surface area contributed by atoms with E-state index in [-0.39, 0.29) is 5.91 Å². The summed E-state index contributed by atoms with van der Waals surface area (Å²) in [6, 6.07) is 6.02. The number of primary amides is 1. The van der Waals surface area contributed by atoms with E-state index in [9.17, 15) is 9.59 Å². The molecule has 0 unspecified atom stereocenters. The summed E-state index contributed by atoms with van der Waals surface area (Å²) < 4.78 is 0. The predicted octanol–water partition coefficient (Wildman–Crippen LogP) is 1.25. The lowest BCUT2D eigenvalue weighted by Gasteiger charge is -2.18. The average molecular weight is 236 g/mol. The van der Waals surface area contributed by atoms with Crippen LogP contribution in [0.15, 0.2) is 24.3 Å². The van der Waals surface area contributed by atoms with Crippen LogP contribution in [0.25, 0.3) is 0 Å². The number of hydroxylamine groups is 1. The third kappa shape index (κ3) is 4.24. The van der Waals surface area contributed by atoms with Crippen molar-refractivity contribution in [3.05, 3.63) is 35.4 Å². The Balaban J connectivity index is 2.67. The van der Waals surface area contributed by atoms with Crippen molar-refractivity contribution in [2.45, 2.75) is 26.4 Å². The highest BCUT2D eigenvalue weighted by Gasteiger charge is 2.14. The first kappa shape index (κ1) is 13.2. The van der Waals surface area contributed by atoms with Crippen LogP contribution in [0.4, 0.5) is 0 Å². The molecule has 5 nitrogen and oxygen atoms in total. The van der Waals surface area contributed by atoms with Crippen molar-refractivity contribution in [3.63, 3.8) is 0 Å². The Bertz CT molecular complexity index is 418. The number of benzene rings is 1. The highest BCUT2D eigenvalue weighted by atomic mass is 16.7. The van der Waals surface area contributed by atoms with Crippen LogP contribution in [0.1, 0.15) is 41.5 Å². The van der Waals surface area contributed by atoms with Gasteiger partial charge in [-0.15, -0.1) is 0 Å². The second kappa shape index (κ2) is 4.97. The summed E-state index contributed by atoms with van der Waals surface area (Å²) in [5.41, 5.74) is 7.73.